The number of aromatic nitrogens is 2. The number of carbonyl (C=O) groups is 1. The summed E-state index contributed by atoms with van der Waals surface area (Å²) in [6, 6.07) is 7.84. The van der Waals surface area contributed by atoms with E-state index in [-0.39, 0.29) is 17.2 Å². The van der Waals surface area contributed by atoms with Crippen molar-refractivity contribution in [1.29, 1.82) is 0 Å². The van der Waals surface area contributed by atoms with Gasteiger partial charge in [0.25, 0.3) is 5.56 Å². The van der Waals surface area contributed by atoms with Crippen LogP contribution in [0.15, 0.2) is 39.1 Å². The van der Waals surface area contributed by atoms with Crippen molar-refractivity contribution in [3.05, 3.63) is 45.9 Å². The Balaban J connectivity index is 1.67. The van der Waals surface area contributed by atoms with Gasteiger partial charge in [0.05, 0.1) is 16.3 Å². The molecule has 1 aliphatic rings. The molecule has 0 fully saturated rings. The highest BCUT2D eigenvalue weighted by atomic mass is 32.2. The number of hydrogen-bond donors (Lipinski definition) is 1. The fourth-order valence-electron chi connectivity index (χ4n) is 2.66. The number of thioether (sulfide) groups is 2. The van der Waals surface area contributed by atoms with Crippen LogP contribution in [0.2, 0.25) is 0 Å². The van der Waals surface area contributed by atoms with Gasteiger partial charge in [-0.2, -0.15) is 0 Å². The molecular formula is C18H21N3O2S2. The minimum atomic E-state index is -0.0963. The molecular weight excluding hydrogens is 354 g/mol. The predicted molar refractivity (Wildman–Crippen MR) is 104 cm³/mol. The van der Waals surface area contributed by atoms with E-state index in [1.807, 2.05) is 31.2 Å². The molecule has 3 rings (SSSR count). The van der Waals surface area contributed by atoms with Crippen LogP contribution in [0.1, 0.15) is 25.1 Å². The minimum Gasteiger partial charge on any atom is -0.325 e. The maximum atomic E-state index is 12.5. The standard InChI is InChI=1S/C18H21N3O2S2/c1-3-12-5-7-13(8-6-12)19-15(22)11-25-18-20-14-9-10-24-16(14)17(23)21(18)4-2/h5-8H,3-4,9-11H2,1-2H3,(H,19,22). The van der Waals surface area contributed by atoms with E-state index in [9.17, 15) is 9.59 Å². The lowest BCUT2D eigenvalue weighted by molar-refractivity contribution is -0.113. The summed E-state index contributed by atoms with van der Waals surface area (Å²) in [5.74, 6) is 1.04. The van der Waals surface area contributed by atoms with Gasteiger partial charge in [-0.05, 0) is 31.0 Å². The van der Waals surface area contributed by atoms with Crippen molar-refractivity contribution >= 4 is 35.1 Å². The second-order valence-electron chi connectivity index (χ2n) is 5.71. The van der Waals surface area contributed by atoms with Gasteiger partial charge >= 0.3 is 0 Å². The second kappa shape index (κ2) is 8.10. The molecule has 2 aromatic rings. The number of nitrogens with zero attached hydrogens (tertiary/aromatic N) is 2. The lowest BCUT2D eigenvalue weighted by Gasteiger charge is -2.11. The number of carbonyl (C=O) groups excluding carboxylic acids is 1. The van der Waals surface area contributed by atoms with Crippen LogP contribution in [-0.2, 0) is 24.2 Å². The van der Waals surface area contributed by atoms with Crippen LogP contribution in [0.3, 0.4) is 0 Å². The van der Waals surface area contributed by atoms with E-state index >= 15 is 0 Å². The van der Waals surface area contributed by atoms with E-state index in [2.05, 4.69) is 17.2 Å². The lowest BCUT2D eigenvalue weighted by Crippen LogP contribution is -2.25. The Morgan fingerprint density at radius 3 is 2.76 bits per heavy atom. The van der Waals surface area contributed by atoms with E-state index in [1.165, 1.54) is 17.3 Å². The van der Waals surface area contributed by atoms with E-state index in [0.29, 0.717) is 11.7 Å². The molecule has 0 atom stereocenters. The number of nitrogens with one attached hydrogen (secondary N) is 1. The number of fused-ring (bicyclic) bond motifs is 1. The van der Waals surface area contributed by atoms with E-state index in [1.54, 1.807) is 16.3 Å². The van der Waals surface area contributed by atoms with E-state index in [4.69, 9.17) is 0 Å². The summed E-state index contributed by atoms with van der Waals surface area (Å²) >= 11 is 2.89. The topological polar surface area (TPSA) is 64.0 Å². The highest BCUT2D eigenvalue weighted by Crippen LogP contribution is 2.28. The SMILES string of the molecule is CCc1ccc(NC(=O)CSc2nc3c(c(=O)n2CC)SCC3)cc1. The summed E-state index contributed by atoms with van der Waals surface area (Å²) < 4.78 is 1.66. The fraction of sp³-hybridized carbons (Fsp3) is 0.389. The zero-order valence-corrected chi connectivity index (χ0v) is 16.0. The third-order valence-corrected chi connectivity index (χ3v) is 6.13. The number of benzene rings is 1. The summed E-state index contributed by atoms with van der Waals surface area (Å²) in [6.45, 7) is 4.58. The van der Waals surface area contributed by atoms with Crippen LogP contribution in [0.25, 0.3) is 0 Å². The highest BCUT2D eigenvalue weighted by molar-refractivity contribution is 8.00. The Morgan fingerprint density at radius 1 is 1.32 bits per heavy atom. The van der Waals surface area contributed by atoms with Crippen LogP contribution in [0.5, 0.6) is 0 Å². The Kier molecular flexibility index (Phi) is 5.86. The first-order chi connectivity index (χ1) is 12.1. The second-order valence-corrected chi connectivity index (χ2v) is 7.75. The fourth-order valence-corrected chi connectivity index (χ4v) is 4.59. The van der Waals surface area contributed by atoms with E-state index < -0.39 is 0 Å². The van der Waals surface area contributed by atoms with Gasteiger partial charge in [0.1, 0.15) is 0 Å². The van der Waals surface area contributed by atoms with Gasteiger partial charge in [-0.3, -0.25) is 14.2 Å². The summed E-state index contributed by atoms with van der Waals surface area (Å²) in [6.07, 6.45) is 1.80. The van der Waals surface area contributed by atoms with Gasteiger partial charge in [0.15, 0.2) is 5.16 Å². The van der Waals surface area contributed by atoms with Crippen molar-refractivity contribution in [1.82, 2.24) is 9.55 Å². The largest absolute Gasteiger partial charge is 0.325 e. The molecule has 0 saturated heterocycles. The Hall–Kier alpha value is -1.73. The molecule has 1 amide bonds. The zero-order chi connectivity index (χ0) is 17.8. The molecule has 1 aromatic heterocycles. The van der Waals surface area contributed by atoms with Crippen molar-refractivity contribution < 1.29 is 4.79 Å². The first kappa shape index (κ1) is 18.1. The maximum Gasteiger partial charge on any atom is 0.268 e. The Morgan fingerprint density at radius 2 is 2.08 bits per heavy atom. The van der Waals surface area contributed by atoms with Gasteiger partial charge in [0.2, 0.25) is 5.91 Å². The molecule has 132 valence electrons. The van der Waals surface area contributed by atoms with Crippen LogP contribution < -0.4 is 10.9 Å². The maximum absolute atomic E-state index is 12.5. The first-order valence-corrected chi connectivity index (χ1v) is 10.4. The Labute approximate surface area is 155 Å². The molecule has 1 N–H and O–H groups in total. The normalized spacial score (nSPS) is 12.9. The first-order valence-electron chi connectivity index (χ1n) is 8.40. The van der Waals surface area contributed by atoms with Crippen molar-refractivity contribution in [3.8, 4) is 0 Å². The molecule has 7 heteroatoms. The minimum absolute atomic E-state index is 0.0214. The average molecular weight is 376 g/mol. The number of aryl methyl sites for hydroxylation is 2. The van der Waals surface area contributed by atoms with Crippen LogP contribution in [-0.4, -0.2) is 27.0 Å². The number of anilines is 1. The van der Waals surface area contributed by atoms with Gasteiger partial charge in [-0.25, -0.2) is 4.98 Å². The van der Waals surface area contributed by atoms with Crippen LogP contribution >= 0.6 is 23.5 Å². The van der Waals surface area contributed by atoms with Gasteiger partial charge in [-0.15, -0.1) is 11.8 Å². The average Bonchev–Trinajstić information content (AvgIpc) is 3.09. The van der Waals surface area contributed by atoms with Gasteiger partial charge in [-0.1, -0.05) is 30.8 Å². The number of amides is 1. The van der Waals surface area contributed by atoms with Crippen LogP contribution in [0, 0.1) is 0 Å². The number of hydrogen-bond acceptors (Lipinski definition) is 5. The predicted octanol–water partition coefficient (Wildman–Crippen LogP) is 3.20. The lowest BCUT2D eigenvalue weighted by atomic mass is 10.1. The van der Waals surface area contributed by atoms with Crippen molar-refractivity contribution in [3.63, 3.8) is 0 Å². The third kappa shape index (κ3) is 4.10. The van der Waals surface area contributed by atoms with Crippen molar-refractivity contribution in [2.45, 2.75) is 43.3 Å². The number of rotatable bonds is 6. The van der Waals surface area contributed by atoms with Crippen molar-refractivity contribution in [2.75, 3.05) is 16.8 Å². The van der Waals surface area contributed by atoms with Crippen molar-refractivity contribution in [2.24, 2.45) is 0 Å². The summed E-state index contributed by atoms with van der Waals surface area (Å²) in [7, 11) is 0. The molecule has 0 spiro atoms. The van der Waals surface area contributed by atoms with Crippen LogP contribution in [0.4, 0.5) is 5.69 Å². The molecule has 0 saturated carbocycles. The molecule has 2 heterocycles. The highest BCUT2D eigenvalue weighted by Gasteiger charge is 2.21. The van der Waals surface area contributed by atoms with Gasteiger partial charge < -0.3 is 5.32 Å². The molecule has 0 aliphatic carbocycles. The molecule has 0 bridgehead atoms. The smallest absolute Gasteiger partial charge is 0.268 e. The third-order valence-electron chi connectivity index (χ3n) is 4.04. The van der Waals surface area contributed by atoms with Gasteiger partial charge in [0, 0.05) is 24.4 Å². The molecule has 5 nitrogen and oxygen atoms in total. The monoisotopic (exact) mass is 375 g/mol. The molecule has 0 radical (unpaired) electrons. The summed E-state index contributed by atoms with van der Waals surface area (Å²) in [5.41, 5.74) is 2.92. The molecule has 1 aliphatic heterocycles. The van der Waals surface area contributed by atoms with E-state index in [0.717, 1.165) is 34.9 Å². The Bertz CT molecular complexity index is 831. The molecule has 0 unspecified atom stereocenters. The zero-order valence-electron chi connectivity index (χ0n) is 14.4. The molecule has 1 aromatic carbocycles. The summed E-state index contributed by atoms with van der Waals surface area (Å²) in [4.78, 5) is 30.1. The quantitative estimate of drug-likeness (QED) is 0.620. The summed E-state index contributed by atoms with van der Waals surface area (Å²) in [5, 5.41) is 3.52. The molecule has 25 heavy (non-hydrogen) atoms.